The predicted molar refractivity (Wildman–Crippen MR) is 127 cm³/mol. The summed E-state index contributed by atoms with van der Waals surface area (Å²) in [6, 6.07) is 13.8. The molecule has 0 bridgehead atoms. The molecule has 0 aromatic heterocycles. The zero-order valence-corrected chi connectivity index (χ0v) is 19.7. The van der Waals surface area contributed by atoms with Crippen LogP contribution in [0.15, 0.2) is 58.4 Å². The van der Waals surface area contributed by atoms with Crippen LogP contribution in [0.2, 0.25) is 0 Å². The van der Waals surface area contributed by atoms with E-state index in [0.29, 0.717) is 37.0 Å². The van der Waals surface area contributed by atoms with Gasteiger partial charge in [0.05, 0.1) is 17.2 Å². The number of aliphatic imine (C=N–C) groups is 1. The Balaban J connectivity index is 1.58. The highest BCUT2D eigenvalue weighted by Gasteiger charge is 2.29. The highest BCUT2D eigenvalue weighted by atomic mass is 32.2. The molecule has 0 aliphatic carbocycles. The van der Waals surface area contributed by atoms with E-state index in [-0.39, 0.29) is 10.8 Å². The van der Waals surface area contributed by atoms with Crippen LogP contribution in [0.25, 0.3) is 0 Å². The lowest BCUT2D eigenvalue weighted by atomic mass is 10.2. The lowest BCUT2D eigenvalue weighted by molar-refractivity contribution is 0.0849. The SMILES string of the molecule is CCOc1ccc(N=C2SCCCN2C(=O)c2cccc(S(=O)(=O)N3CCCC3)c2)cc1. The van der Waals surface area contributed by atoms with Gasteiger partial charge < -0.3 is 4.74 Å². The van der Waals surface area contributed by atoms with Crippen molar-refractivity contribution in [1.29, 1.82) is 0 Å². The normalized spacial score (nSPS) is 18.8. The van der Waals surface area contributed by atoms with Crippen LogP contribution in [0.4, 0.5) is 5.69 Å². The summed E-state index contributed by atoms with van der Waals surface area (Å²) in [7, 11) is -3.58. The summed E-state index contributed by atoms with van der Waals surface area (Å²) in [6.45, 7) is 4.13. The molecule has 170 valence electrons. The zero-order valence-electron chi connectivity index (χ0n) is 18.1. The summed E-state index contributed by atoms with van der Waals surface area (Å²) in [5.41, 5.74) is 1.09. The summed E-state index contributed by atoms with van der Waals surface area (Å²) in [5, 5.41) is 0.623. The molecule has 2 aliphatic heterocycles. The molecule has 1 amide bonds. The van der Waals surface area contributed by atoms with E-state index < -0.39 is 10.0 Å². The van der Waals surface area contributed by atoms with Crippen molar-refractivity contribution in [2.24, 2.45) is 4.99 Å². The smallest absolute Gasteiger partial charge is 0.259 e. The van der Waals surface area contributed by atoms with Crippen LogP contribution >= 0.6 is 11.8 Å². The number of amidine groups is 1. The first-order chi connectivity index (χ1) is 15.5. The van der Waals surface area contributed by atoms with Gasteiger partial charge in [0.2, 0.25) is 10.0 Å². The fourth-order valence-corrected chi connectivity index (χ4v) is 6.28. The van der Waals surface area contributed by atoms with Crippen molar-refractivity contribution in [2.75, 3.05) is 32.0 Å². The lowest BCUT2D eigenvalue weighted by Crippen LogP contribution is -2.39. The molecule has 7 nitrogen and oxygen atoms in total. The first-order valence-electron chi connectivity index (χ1n) is 10.9. The zero-order chi connectivity index (χ0) is 22.6. The van der Waals surface area contributed by atoms with Crippen molar-refractivity contribution in [1.82, 2.24) is 9.21 Å². The van der Waals surface area contributed by atoms with Gasteiger partial charge in [-0.3, -0.25) is 9.69 Å². The number of amides is 1. The summed E-state index contributed by atoms with van der Waals surface area (Å²) in [5.74, 6) is 1.42. The van der Waals surface area contributed by atoms with E-state index in [1.54, 1.807) is 23.1 Å². The molecule has 32 heavy (non-hydrogen) atoms. The topological polar surface area (TPSA) is 79.3 Å². The average molecular weight is 474 g/mol. The fraction of sp³-hybridized carbons (Fsp3) is 0.391. The number of carbonyl (C=O) groups is 1. The van der Waals surface area contributed by atoms with Gasteiger partial charge in [-0.05, 0) is 68.7 Å². The molecule has 2 aliphatic rings. The molecule has 0 N–H and O–H groups in total. The summed E-state index contributed by atoms with van der Waals surface area (Å²) >= 11 is 1.53. The van der Waals surface area contributed by atoms with Gasteiger partial charge in [-0.25, -0.2) is 13.4 Å². The molecule has 2 aromatic carbocycles. The molecule has 0 saturated carbocycles. The summed E-state index contributed by atoms with van der Waals surface area (Å²) < 4.78 is 32.8. The predicted octanol–water partition coefficient (Wildman–Crippen LogP) is 4.14. The largest absolute Gasteiger partial charge is 0.494 e. The highest BCUT2D eigenvalue weighted by Crippen LogP contribution is 2.27. The molecule has 2 aromatic rings. The standard InChI is InChI=1S/C23H27N3O4S2/c1-2-30-20-11-9-19(10-12-20)24-23-26(15-6-16-31-23)22(27)18-7-5-8-21(17-18)32(28,29)25-13-3-4-14-25/h5,7-12,17H,2-4,6,13-16H2,1H3. The van der Waals surface area contributed by atoms with E-state index >= 15 is 0 Å². The minimum absolute atomic E-state index is 0.167. The first kappa shape index (κ1) is 22.8. The molecule has 0 atom stereocenters. The number of thioether (sulfide) groups is 1. The van der Waals surface area contributed by atoms with Crippen LogP contribution in [-0.4, -0.2) is 60.7 Å². The maximum atomic E-state index is 13.3. The number of hydrogen-bond acceptors (Lipinski definition) is 6. The summed E-state index contributed by atoms with van der Waals surface area (Å²) in [4.78, 5) is 19.8. The Morgan fingerprint density at radius 3 is 2.53 bits per heavy atom. The Morgan fingerprint density at radius 1 is 1.06 bits per heavy atom. The first-order valence-corrected chi connectivity index (χ1v) is 13.3. The maximum Gasteiger partial charge on any atom is 0.259 e. The molecule has 2 heterocycles. The van der Waals surface area contributed by atoms with E-state index in [2.05, 4.69) is 4.99 Å². The van der Waals surface area contributed by atoms with Gasteiger partial charge in [0.1, 0.15) is 5.75 Å². The Labute approximate surface area is 193 Å². The van der Waals surface area contributed by atoms with Crippen LogP contribution in [-0.2, 0) is 10.0 Å². The van der Waals surface area contributed by atoms with E-state index in [1.165, 1.54) is 22.1 Å². The fourth-order valence-electron chi connectivity index (χ4n) is 3.76. The molecule has 4 rings (SSSR count). The Bertz CT molecular complexity index is 1090. The lowest BCUT2D eigenvalue weighted by Gasteiger charge is -2.28. The second kappa shape index (κ2) is 10.1. The molecule has 9 heteroatoms. The molecule has 0 unspecified atom stereocenters. The minimum Gasteiger partial charge on any atom is -0.494 e. The van der Waals surface area contributed by atoms with Crippen molar-refractivity contribution >= 4 is 38.5 Å². The quantitative estimate of drug-likeness (QED) is 0.630. The van der Waals surface area contributed by atoms with Gasteiger partial charge in [-0.2, -0.15) is 4.31 Å². The number of hydrogen-bond donors (Lipinski definition) is 0. The second-order valence-electron chi connectivity index (χ2n) is 7.62. The second-order valence-corrected chi connectivity index (χ2v) is 10.6. The molecule has 0 spiro atoms. The van der Waals surface area contributed by atoms with E-state index in [4.69, 9.17) is 4.74 Å². The number of nitrogens with zero attached hydrogens (tertiary/aromatic N) is 3. The van der Waals surface area contributed by atoms with Crippen molar-refractivity contribution in [3.8, 4) is 5.75 Å². The molecule has 2 fully saturated rings. The Morgan fingerprint density at radius 2 is 1.81 bits per heavy atom. The molecule has 2 saturated heterocycles. The third-order valence-electron chi connectivity index (χ3n) is 5.39. The third kappa shape index (κ3) is 5.00. The van der Waals surface area contributed by atoms with Gasteiger partial charge in [-0.15, -0.1) is 0 Å². The van der Waals surface area contributed by atoms with Crippen molar-refractivity contribution in [2.45, 2.75) is 31.1 Å². The Kier molecular flexibility index (Phi) is 7.17. The number of sulfonamides is 1. The molecule has 0 radical (unpaired) electrons. The van der Waals surface area contributed by atoms with Crippen molar-refractivity contribution < 1.29 is 17.9 Å². The van der Waals surface area contributed by atoms with Crippen LogP contribution in [0.5, 0.6) is 5.75 Å². The van der Waals surface area contributed by atoms with E-state index in [0.717, 1.165) is 36.5 Å². The molecular formula is C23H27N3O4S2. The number of carbonyl (C=O) groups excluding carboxylic acids is 1. The van der Waals surface area contributed by atoms with Gasteiger partial charge >= 0.3 is 0 Å². The third-order valence-corrected chi connectivity index (χ3v) is 8.35. The van der Waals surface area contributed by atoms with Gasteiger partial charge in [0.15, 0.2) is 5.17 Å². The van der Waals surface area contributed by atoms with Gasteiger partial charge in [-0.1, -0.05) is 17.8 Å². The van der Waals surface area contributed by atoms with Crippen molar-refractivity contribution in [3.05, 3.63) is 54.1 Å². The van der Waals surface area contributed by atoms with Gasteiger partial charge in [0.25, 0.3) is 5.91 Å². The highest BCUT2D eigenvalue weighted by molar-refractivity contribution is 8.13. The number of ether oxygens (including phenoxy) is 1. The van der Waals surface area contributed by atoms with E-state index in [9.17, 15) is 13.2 Å². The maximum absolute atomic E-state index is 13.3. The van der Waals surface area contributed by atoms with Crippen LogP contribution in [0.1, 0.15) is 36.5 Å². The summed E-state index contributed by atoms with van der Waals surface area (Å²) in [6.07, 6.45) is 2.59. The minimum atomic E-state index is -3.58. The van der Waals surface area contributed by atoms with Crippen LogP contribution < -0.4 is 4.74 Å². The Hall–Kier alpha value is -2.36. The monoisotopic (exact) mass is 473 g/mol. The number of benzene rings is 2. The van der Waals surface area contributed by atoms with Crippen LogP contribution in [0, 0.1) is 0 Å². The molecular weight excluding hydrogens is 446 g/mol. The average Bonchev–Trinajstić information content (AvgIpc) is 3.37. The number of rotatable bonds is 6. The van der Waals surface area contributed by atoms with Crippen LogP contribution in [0.3, 0.4) is 0 Å². The van der Waals surface area contributed by atoms with E-state index in [1.807, 2.05) is 31.2 Å². The van der Waals surface area contributed by atoms with Crippen molar-refractivity contribution in [3.63, 3.8) is 0 Å². The van der Waals surface area contributed by atoms with Gasteiger partial charge in [0, 0.05) is 31.0 Å².